The molecule has 1 aromatic carbocycles. The average Bonchev–Trinajstić information content (AvgIpc) is 2.40. The van der Waals surface area contributed by atoms with Crippen LogP contribution in [-0.2, 0) is 6.18 Å². The Bertz CT molecular complexity index is 671. The molecule has 1 N–H and O–H groups in total. The zero-order chi connectivity index (χ0) is 15.6. The van der Waals surface area contributed by atoms with E-state index in [-0.39, 0.29) is 11.6 Å². The maximum absolute atomic E-state index is 12.8. The van der Waals surface area contributed by atoms with Crippen LogP contribution in [0.5, 0.6) is 11.6 Å². The van der Waals surface area contributed by atoms with Gasteiger partial charge in [0.2, 0.25) is 5.88 Å². The van der Waals surface area contributed by atoms with Gasteiger partial charge in [0.15, 0.2) is 5.69 Å². The standard InChI is InChI=1S/C13H7BrF3NO3/c14-7-1-3-8(4-2-7)21-10-6-5-9(12(19)20)11(18-10)13(15,16)17/h1-6H,(H,19,20). The Morgan fingerprint density at radius 1 is 1.14 bits per heavy atom. The van der Waals surface area contributed by atoms with Crippen molar-refractivity contribution in [2.24, 2.45) is 0 Å². The summed E-state index contributed by atoms with van der Waals surface area (Å²) in [4.78, 5) is 14.0. The van der Waals surface area contributed by atoms with Gasteiger partial charge in [0, 0.05) is 10.5 Å². The summed E-state index contributed by atoms with van der Waals surface area (Å²) in [6, 6.07) is 8.23. The van der Waals surface area contributed by atoms with Crippen molar-refractivity contribution in [3.05, 3.63) is 52.1 Å². The Morgan fingerprint density at radius 2 is 1.76 bits per heavy atom. The van der Waals surface area contributed by atoms with Crippen LogP contribution >= 0.6 is 15.9 Å². The number of hydrogen-bond donors (Lipinski definition) is 1. The molecule has 0 saturated carbocycles. The lowest BCUT2D eigenvalue weighted by Crippen LogP contribution is -2.15. The molecule has 0 aliphatic rings. The van der Waals surface area contributed by atoms with Crippen molar-refractivity contribution in [3.8, 4) is 11.6 Å². The molecule has 0 unspecified atom stereocenters. The summed E-state index contributed by atoms with van der Waals surface area (Å²) < 4.78 is 44.3. The van der Waals surface area contributed by atoms with E-state index in [4.69, 9.17) is 9.84 Å². The molecule has 0 aliphatic carbocycles. The zero-order valence-electron chi connectivity index (χ0n) is 10.2. The summed E-state index contributed by atoms with van der Waals surface area (Å²) in [5.74, 6) is -1.76. The largest absolute Gasteiger partial charge is 0.478 e. The molecule has 4 nitrogen and oxygen atoms in total. The molecule has 0 bridgehead atoms. The Hall–Kier alpha value is -2.09. The minimum absolute atomic E-state index is 0.280. The third kappa shape index (κ3) is 3.72. The highest BCUT2D eigenvalue weighted by atomic mass is 79.9. The van der Waals surface area contributed by atoms with E-state index in [1.807, 2.05) is 0 Å². The Balaban J connectivity index is 2.38. The van der Waals surface area contributed by atoms with Crippen molar-refractivity contribution in [3.63, 3.8) is 0 Å². The summed E-state index contributed by atoms with van der Waals surface area (Å²) >= 11 is 3.21. The first-order chi connectivity index (χ1) is 9.77. The number of aromatic carboxylic acids is 1. The predicted molar refractivity (Wildman–Crippen MR) is 70.4 cm³/mol. The molecule has 0 radical (unpaired) electrons. The Morgan fingerprint density at radius 3 is 2.29 bits per heavy atom. The van der Waals surface area contributed by atoms with Crippen molar-refractivity contribution in [1.82, 2.24) is 4.98 Å². The van der Waals surface area contributed by atoms with Gasteiger partial charge in [-0.1, -0.05) is 15.9 Å². The second kappa shape index (κ2) is 5.72. The van der Waals surface area contributed by atoms with E-state index in [0.29, 0.717) is 0 Å². The molecule has 1 aromatic heterocycles. The van der Waals surface area contributed by atoms with Crippen LogP contribution in [0.4, 0.5) is 13.2 Å². The van der Waals surface area contributed by atoms with Crippen molar-refractivity contribution >= 4 is 21.9 Å². The van der Waals surface area contributed by atoms with Crippen molar-refractivity contribution in [2.75, 3.05) is 0 Å². The van der Waals surface area contributed by atoms with Crippen LogP contribution in [0.15, 0.2) is 40.9 Å². The highest BCUT2D eigenvalue weighted by Crippen LogP contribution is 2.33. The van der Waals surface area contributed by atoms with E-state index in [1.54, 1.807) is 12.1 Å². The first-order valence-corrected chi connectivity index (χ1v) is 6.31. The molecule has 1 heterocycles. The number of aromatic nitrogens is 1. The average molecular weight is 362 g/mol. The highest BCUT2D eigenvalue weighted by molar-refractivity contribution is 9.10. The fourth-order valence-electron chi connectivity index (χ4n) is 1.51. The monoisotopic (exact) mass is 361 g/mol. The van der Waals surface area contributed by atoms with E-state index < -0.39 is 23.4 Å². The van der Waals surface area contributed by atoms with Gasteiger partial charge in [0.1, 0.15) is 5.75 Å². The lowest BCUT2D eigenvalue weighted by Gasteiger charge is -2.11. The fourth-order valence-corrected chi connectivity index (χ4v) is 1.77. The van der Waals surface area contributed by atoms with Gasteiger partial charge in [-0.2, -0.15) is 13.2 Å². The predicted octanol–water partition coefficient (Wildman–Crippen LogP) is 4.35. The number of alkyl halides is 3. The topological polar surface area (TPSA) is 59.4 Å². The lowest BCUT2D eigenvalue weighted by atomic mass is 10.2. The quantitative estimate of drug-likeness (QED) is 0.882. The molecular weight excluding hydrogens is 355 g/mol. The van der Waals surface area contributed by atoms with Gasteiger partial charge < -0.3 is 9.84 Å². The number of carboxylic acid groups (broad SMARTS) is 1. The van der Waals surface area contributed by atoms with Gasteiger partial charge in [-0.15, -0.1) is 0 Å². The van der Waals surface area contributed by atoms with E-state index in [2.05, 4.69) is 20.9 Å². The number of pyridine rings is 1. The second-order valence-corrected chi connectivity index (χ2v) is 4.82. The minimum atomic E-state index is -4.88. The molecule has 8 heteroatoms. The minimum Gasteiger partial charge on any atom is -0.478 e. The first kappa shape index (κ1) is 15.3. The van der Waals surface area contributed by atoms with E-state index in [9.17, 15) is 18.0 Å². The van der Waals surface area contributed by atoms with Crippen LogP contribution in [-0.4, -0.2) is 16.1 Å². The number of hydrogen-bond acceptors (Lipinski definition) is 3. The SMILES string of the molecule is O=C(O)c1ccc(Oc2ccc(Br)cc2)nc1C(F)(F)F. The third-order valence-electron chi connectivity index (χ3n) is 2.40. The molecule has 0 saturated heterocycles. The van der Waals surface area contributed by atoms with Crippen molar-refractivity contribution in [2.45, 2.75) is 6.18 Å². The number of carbonyl (C=O) groups is 1. The molecule has 0 aliphatic heterocycles. The molecule has 2 rings (SSSR count). The smallest absolute Gasteiger partial charge is 0.434 e. The summed E-state index contributed by atoms with van der Waals surface area (Å²) in [6.45, 7) is 0. The van der Waals surface area contributed by atoms with Crippen molar-refractivity contribution < 1.29 is 27.8 Å². The molecule has 110 valence electrons. The van der Waals surface area contributed by atoms with Gasteiger partial charge in [-0.05, 0) is 30.3 Å². The molecule has 2 aromatic rings. The van der Waals surface area contributed by atoms with Gasteiger partial charge in [0.05, 0.1) is 5.56 Å². The number of ether oxygens (including phenoxy) is 1. The number of nitrogens with zero attached hydrogens (tertiary/aromatic N) is 1. The summed E-state index contributed by atoms with van der Waals surface area (Å²) in [5.41, 5.74) is -2.42. The normalized spacial score (nSPS) is 11.2. The maximum Gasteiger partial charge on any atom is 0.434 e. The summed E-state index contributed by atoms with van der Waals surface area (Å²) in [6.07, 6.45) is -4.88. The molecule has 0 amide bonds. The Kier molecular flexibility index (Phi) is 4.17. The second-order valence-electron chi connectivity index (χ2n) is 3.90. The fraction of sp³-hybridized carbons (Fsp3) is 0.0769. The summed E-state index contributed by atoms with van der Waals surface area (Å²) in [5, 5.41) is 8.75. The third-order valence-corrected chi connectivity index (χ3v) is 2.93. The van der Waals surface area contributed by atoms with E-state index in [0.717, 1.165) is 16.6 Å². The molecular formula is C13H7BrF3NO3. The highest BCUT2D eigenvalue weighted by Gasteiger charge is 2.38. The number of carboxylic acids is 1. The first-order valence-electron chi connectivity index (χ1n) is 5.52. The van der Waals surface area contributed by atoms with Gasteiger partial charge in [-0.25, -0.2) is 9.78 Å². The maximum atomic E-state index is 12.8. The van der Waals surface area contributed by atoms with Crippen LogP contribution in [0.2, 0.25) is 0 Å². The van der Waals surface area contributed by atoms with Crippen LogP contribution < -0.4 is 4.74 Å². The van der Waals surface area contributed by atoms with Gasteiger partial charge in [0.25, 0.3) is 0 Å². The lowest BCUT2D eigenvalue weighted by molar-refractivity contribution is -0.141. The molecule has 0 spiro atoms. The van der Waals surface area contributed by atoms with E-state index >= 15 is 0 Å². The van der Waals surface area contributed by atoms with Crippen LogP contribution in [0, 0.1) is 0 Å². The van der Waals surface area contributed by atoms with Crippen LogP contribution in [0.1, 0.15) is 16.1 Å². The number of halogens is 4. The zero-order valence-corrected chi connectivity index (χ0v) is 11.8. The van der Waals surface area contributed by atoms with Crippen LogP contribution in [0.3, 0.4) is 0 Å². The number of rotatable bonds is 3. The molecule has 21 heavy (non-hydrogen) atoms. The Labute approximate surface area is 125 Å². The van der Waals surface area contributed by atoms with Gasteiger partial charge in [-0.3, -0.25) is 0 Å². The van der Waals surface area contributed by atoms with Gasteiger partial charge >= 0.3 is 12.1 Å². The van der Waals surface area contributed by atoms with Crippen LogP contribution in [0.25, 0.3) is 0 Å². The summed E-state index contributed by atoms with van der Waals surface area (Å²) in [7, 11) is 0. The van der Waals surface area contributed by atoms with Crippen molar-refractivity contribution in [1.29, 1.82) is 0 Å². The van der Waals surface area contributed by atoms with E-state index in [1.165, 1.54) is 12.1 Å². The number of benzene rings is 1. The molecule has 0 fully saturated rings. The molecule has 0 atom stereocenters.